The highest BCUT2D eigenvalue weighted by Crippen LogP contribution is 2.24. The van der Waals surface area contributed by atoms with E-state index in [9.17, 15) is 0 Å². The second kappa shape index (κ2) is 11.0. The van der Waals surface area contributed by atoms with Crippen LogP contribution < -0.4 is 15.5 Å². The van der Waals surface area contributed by atoms with E-state index in [1.165, 1.54) is 48.3 Å². The second-order valence-electron chi connectivity index (χ2n) is 8.23. The molecule has 0 bridgehead atoms. The van der Waals surface area contributed by atoms with E-state index < -0.39 is 0 Å². The average molecular weight is 408 g/mol. The molecule has 0 saturated carbocycles. The van der Waals surface area contributed by atoms with Crippen LogP contribution in [0.2, 0.25) is 0 Å². The Hall–Kier alpha value is -2.53. The highest BCUT2D eigenvalue weighted by Gasteiger charge is 2.14. The molecular formula is C25H37N5. The summed E-state index contributed by atoms with van der Waals surface area (Å²) in [4.78, 5) is 9.22. The zero-order valence-electron chi connectivity index (χ0n) is 19.0. The Bertz CT molecular complexity index is 826. The van der Waals surface area contributed by atoms with E-state index in [1.807, 2.05) is 7.05 Å². The quantitative estimate of drug-likeness (QED) is 0.509. The van der Waals surface area contributed by atoms with Crippen LogP contribution in [0.3, 0.4) is 0 Å². The molecule has 1 saturated heterocycles. The van der Waals surface area contributed by atoms with Crippen LogP contribution in [-0.4, -0.2) is 44.6 Å². The summed E-state index contributed by atoms with van der Waals surface area (Å²) >= 11 is 0. The third kappa shape index (κ3) is 6.23. The zero-order valence-corrected chi connectivity index (χ0v) is 19.0. The van der Waals surface area contributed by atoms with Crippen LogP contribution in [0, 0.1) is 0 Å². The molecule has 1 aliphatic heterocycles. The predicted molar refractivity (Wildman–Crippen MR) is 128 cm³/mol. The van der Waals surface area contributed by atoms with Crippen molar-refractivity contribution in [2.75, 3.05) is 38.6 Å². The van der Waals surface area contributed by atoms with Gasteiger partial charge < -0.3 is 20.4 Å². The molecule has 2 N–H and O–H groups in total. The van der Waals surface area contributed by atoms with E-state index in [0.717, 1.165) is 25.6 Å². The smallest absolute Gasteiger partial charge is 0.191 e. The lowest BCUT2D eigenvalue weighted by molar-refractivity contribution is 0.345. The van der Waals surface area contributed by atoms with Gasteiger partial charge in [0, 0.05) is 38.9 Å². The summed E-state index contributed by atoms with van der Waals surface area (Å²) in [6.45, 7) is 9.49. The molecule has 0 aromatic heterocycles. The Balaban J connectivity index is 1.57. The fourth-order valence-corrected chi connectivity index (χ4v) is 3.90. The number of hydrogen-bond acceptors (Lipinski definition) is 3. The number of nitrogens with one attached hydrogen (secondary N) is 2. The van der Waals surface area contributed by atoms with Crippen LogP contribution in [0.4, 0.5) is 5.69 Å². The lowest BCUT2D eigenvalue weighted by atomic mass is 10.1. The van der Waals surface area contributed by atoms with Crippen LogP contribution in [0.1, 0.15) is 49.4 Å². The monoisotopic (exact) mass is 407 g/mol. The molecule has 2 aromatic carbocycles. The summed E-state index contributed by atoms with van der Waals surface area (Å²) in [7, 11) is 3.98. The first kappa shape index (κ1) is 22.2. The number of rotatable bonds is 8. The fraction of sp³-hybridized carbons (Fsp3) is 0.480. The molecule has 1 unspecified atom stereocenters. The molecule has 0 aliphatic carbocycles. The number of anilines is 1. The molecule has 0 radical (unpaired) electrons. The van der Waals surface area contributed by atoms with E-state index in [2.05, 4.69) is 94.9 Å². The normalized spacial score (nSPS) is 15.5. The maximum Gasteiger partial charge on any atom is 0.191 e. The molecule has 162 valence electrons. The van der Waals surface area contributed by atoms with Crippen LogP contribution in [0.15, 0.2) is 53.5 Å². The maximum absolute atomic E-state index is 4.43. The predicted octanol–water partition coefficient (Wildman–Crippen LogP) is 4.16. The highest BCUT2D eigenvalue weighted by atomic mass is 15.2. The minimum absolute atomic E-state index is 0.184. The maximum atomic E-state index is 4.43. The molecule has 0 spiro atoms. The van der Waals surface area contributed by atoms with Gasteiger partial charge in [0.15, 0.2) is 5.96 Å². The molecule has 1 aliphatic rings. The molecule has 2 aromatic rings. The van der Waals surface area contributed by atoms with Crippen molar-refractivity contribution >= 4 is 11.6 Å². The van der Waals surface area contributed by atoms with Crippen LogP contribution in [-0.2, 0) is 13.1 Å². The topological polar surface area (TPSA) is 42.9 Å². The largest absolute Gasteiger partial charge is 0.372 e. The van der Waals surface area contributed by atoms with E-state index in [0.29, 0.717) is 0 Å². The molecule has 5 nitrogen and oxygen atoms in total. The number of hydrogen-bond donors (Lipinski definition) is 2. The summed E-state index contributed by atoms with van der Waals surface area (Å²) in [5.41, 5.74) is 5.22. The first-order valence-corrected chi connectivity index (χ1v) is 11.2. The van der Waals surface area contributed by atoms with Crippen molar-refractivity contribution in [1.29, 1.82) is 0 Å². The van der Waals surface area contributed by atoms with Crippen molar-refractivity contribution in [3.05, 3.63) is 65.2 Å². The fourth-order valence-electron chi connectivity index (χ4n) is 3.90. The number of nitrogens with zero attached hydrogens (tertiary/aromatic N) is 3. The summed E-state index contributed by atoms with van der Waals surface area (Å²) in [5, 5.41) is 7.00. The van der Waals surface area contributed by atoms with Gasteiger partial charge in [0.25, 0.3) is 0 Å². The molecule has 1 atom stereocenters. The van der Waals surface area contributed by atoms with Crippen molar-refractivity contribution in [3.63, 3.8) is 0 Å². The molecule has 1 fully saturated rings. The Morgan fingerprint density at radius 2 is 1.83 bits per heavy atom. The van der Waals surface area contributed by atoms with Crippen molar-refractivity contribution in [1.82, 2.24) is 15.5 Å². The summed E-state index contributed by atoms with van der Waals surface area (Å²) < 4.78 is 0. The van der Waals surface area contributed by atoms with Gasteiger partial charge in [-0.2, -0.15) is 0 Å². The SMILES string of the molecule is CCN(C)Cc1cccc(CNC(=NC)NC(C)c2cccc(N3CCCC3)c2)c1. The molecular weight excluding hydrogens is 370 g/mol. The Morgan fingerprint density at radius 1 is 1.10 bits per heavy atom. The van der Waals surface area contributed by atoms with Gasteiger partial charge in [-0.05, 0) is 62.2 Å². The molecule has 1 heterocycles. The van der Waals surface area contributed by atoms with E-state index >= 15 is 0 Å². The zero-order chi connectivity index (χ0) is 21.3. The highest BCUT2D eigenvalue weighted by molar-refractivity contribution is 5.80. The van der Waals surface area contributed by atoms with Gasteiger partial charge >= 0.3 is 0 Å². The Morgan fingerprint density at radius 3 is 2.57 bits per heavy atom. The van der Waals surface area contributed by atoms with E-state index in [1.54, 1.807) is 0 Å². The van der Waals surface area contributed by atoms with E-state index in [-0.39, 0.29) is 6.04 Å². The minimum atomic E-state index is 0.184. The number of aliphatic imine (C=N–C) groups is 1. The van der Waals surface area contributed by atoms with Gasteiger partial charge in [0.05, 0.1) is 6.04 Å². The van der Waals surface area contributed by atoms with Crippen LogP contribution in [0.5, 0.6) is 0 Å². The number of benzene rings is 2. The number of guanidine groups is 1. The lowest BCUT2D eigenvalue weighted by Crippen LogP contribution is -2.38. The van der Waals surface area contributed by atoms with Crippen molar-refractivity contribution in [2.24, 2.45) is 4.99 Å². The Labute approximate surface area is 182 Å². The average Bonchev–Trinajstić information content (AvgIpc) is 3.32. The van der Waals surface area contributed by atoms with Crippen molar-refractivity contribution < 1.29 is 0 Å². The van der Waals surface area contributed by atoms with Gasteiger partial charge in [0.2, 0.25) is 0 Å². The van der Waals surface area contributed by atoms with Crippen LogP contribution >= 0.6 is 0 Å². The van der Waals surface area contributed by atoms with Gasteiger partial charge in [-0.3, -0.25) is 4.99 Å². The van der Waals surface area contributed by atoms with Crippen molar-refractivity contribution in [3.8, 4) is 0 Å². The van der Waals surface area contributed by atoms with Gasteiger partial charge in [-0.1, -0.05) is 43.3 Å². The molecule has 0 amide bonds. The van der Waals surface area contributed by atoms with E-state index in [4.69, 9.17) is 0 Å². The first-order valence-electron chi connectivity index (χ1n) is 11.2. The third-order valence-corrected chi connectivity index (χ3v) is 5.86. The summed E-state index contributed by atoms with van der Waals surface area (Å²) in [5.74, 6) is 0.824. The van der Waals surface area contributed by atoms with Crippen LogP contribution in [0.25, 0.3) is 0 Å². The Kier molecular flexibility index (Phi) is 8.14. The first-order chi connectivity index (χ1) is 14.6. The second-order valence-corrected chi connectivity index (χ2v) is 8.23. The minimum Gasteiger partial charge on any atom is -0.372 e. The third-order valence-electron chi connectivity index (χ3n) is 5.86. The van der Waals surface area contributed by atoms with Gasteiger partial charge in [-0.25, -0.2) is 0 Å². The molecule has 5 heteroatoms. The molecule has 30 heavy (non-hydrogen) atoms. The molecule has 3 rings (SSSR count). The summed E-state index contributed by atoms with van der Waals surface area (Å²) in [6.07, 6.45) is 2.59. The summed E-state index contributed by atoms with van der Waals surface area (Å²) in [6, 6.07) is 17.8. The standard InChI is InChI=1S/C25H37N5/c1-5-29(4)19-22-11-8-10-21(16-22)18-27-25(26-3)28-20(2)23-12-9-13-24(17-23)30-14-6-7-15-30/h8-13,16-17,20H,5-7,14-15,18-19H2,1-4H3,(H2,26,27,28). The van der Waals surface area contributed by atoms with Gasteiger partial charge in [0.1, 0.15) is 0 Å². The van der Waals surface area contributed by atoms with Crippen molar-refractivity contribution in [2.45, 2.75) is 45.8 Å². The van der Waals surface area contributed by atoms with Gasteiger partial charge in [-0.15, -0.1) is 0 Å². The lowest BCUT2D eigenvalue weighted by Gasteiger charge is -2.22.